The molecule has 2 rings (SSSR count). The van der Waals surface area contributed by atoms with E-state index in [4.69, 9.17) is 16.3 Å². The van der Waals surface area contributed by atoms with Gasteiger partial charge in [-0.1, -0.05) is 23.6 Å². The lowest BCUT2D eigenvalue weighted by molar-refractivity contribution is -0.122. The topological polar surface area (TPSA) is 70.6 Å². The summed E-state index contributed by atoms with van der Waals surface area (Å²) in [5, 5.41) is 14.2. The molecule has 1 amide bonds. The Kier molecular flexibility index (Phi) is 11.8. The minimum absolute atomic E-state index is 0.00919. The molecule has 5 nitrogen and oxygen atoms in total. The van der Waals surface area contributed by atoms with Crippen LogP contribution >= 0.6 is 0 Å². The van der Waals surface area contributed by atoms with Gasteiger partial charge in [0.25, 0.3) is 5.91 Å². The Morgan fingerprint density at radius 1 is 1.43 bits per heavy atom. The van der Waals surface area contributed by atoms with Gasteiger partial charge in [0.1, 0.15) is 5.75 Å². The van der Waals surface area contributed by atoms with Gasteiger partial charge in [-0.05, 0) is 32.0 Å². The molecule has 3 N–H and O–H groups in total. The lowest BCUT2D eigenvalue weighted by atomic mass is 10.2. The van der Waals surface area contributed by atoms with Crippen LogP contribution in [0.15, 0.2) is 24.3 Å². The van der Waals surface area contributed by atoms with E-state index in [2.05, 4.69) is 29.4 Å². The Morgan fingerprint density at radius 2 is 2.09 bits per heavy atom. The van der Waals surface area contributed by atoms with Crippen molar-refractivity contribution in [1.29, 1.82) is 0 Å². The number of nitrogens with one attached hydrogen (secondary N) is 2. The summed E-state index contributed by atoms with van der Waals surface area (Å²) in [4.78, 5) is 11.1. The number of hydrogen-bond donors (Lipinski definition) is 3. The van der Waals surface area contributed by atoms with E-state index in [0.29, 0.717) is 5.75 Å². The molecule has 0 aliphatic carbocycles. The maximum atomic E-state index is 11.1. The fraction of sp³-hybridized carbons (Fsp3) is 0.389. The summed E-state index contributed by atoms with van der Waals surface area (Å²) in [5.74, 6) is 2.78. The van der Waals surface area contributed by atoms with Crippen LogP contribution in [0.1, 0.15) is 12.0 Å². The van der Waals surface area contributed by atoms with Gasteiger partial charge in [0.2, 0.25) is 0 Å². The summed E-state index contributed by atoms with van der Waals surface area (Å²) >= 11 is 0. The number of carbonyl (C=O) groups is 1. The maximum Gasteiger partial charge on any atom is 0.258 e. The van der Waals surface area contributed by atoms with Crippen LogP contribution in [0.5, 0.6) is 5.75 Å². The van der Waals surface area contributed by atoms with Gasteiger partial charge in [0.05, 0.1) is 12.6 Å². The molecule has 23 heavy (non-hydrogen) atoms. The van der Waals surface area contributed by atoms with Crippen molar-refractivity contribution < 1.29 is 14.6 Å². The van der Waals surface area contributed by atoms with Crippen LogP contribution in [-0.4, -0.2) is 43.4 Å². The molecule has 0 bridgehead atoms. The van der Waals surface area contributed by atoms with E-state index < -0.39 is 0 Å². The first-order valence-corrected chi connectivity index (χ1v) is 7.23. The van der Waals surface area contributed by atoms with E-state index in [1.165, 1.54) is 0 Å². The first-order chi connectivity index (χ1) is 11.1. The summed E-state index contributed by atoms with van der Waals surface area (Å²) in [6, 6.07) is 7.50. The maximum absolute atomic E-state index is 11.1. The van der Waals surface area contributed by atoms with Crippen molar-refractivity contribution in [3.05, 3.63) is 29.8 Å². The zero-order valence-electron chi connectivity index (χ0n) is 13.4. The van der Waals surface area contributed by atoms with Crippen LogP contribution in [-0.2, 0) is 4.79 Å². The smallest absolute Gasteiger partial charge is 0.258 e. The number of rotatable bonds is 4. The second kappa shape index (κ2) is 13.2. The highest BCUT2D eigenvalue weighted by Crippen LogP contribution is 2.10. The average Bonchev–Trinajstić information content (AvgIpc) is 3.06. The number of hydrogen-bond acceptors (Lipinski definition) is 4. The third kappa shape index (κ3) is 10.8. The Hall–Kier alpha value is -2.47. The number of aryl methyl sites for hydroxylation is 1. The van der Waals surface area contributed by atoms with Gasteiger partial charge in [0, 0.05) is 6.54 Å². The Morgan fingerprint density at radius 3 is 2.52 bits per heavy atom. The number of benzene rings is 1. The van der Waals surface area contributed by atoms with Crippen molar-refractivity contribution >= 4 is 5.91 Å². The van der Waals surface area contributed by atoms with E-state index in [9.17, 15) is 4.79 Å². The molecule has 5 heteroatoms. The minimum Gasteiger partial charge on any atom is -0.484 e. The number of β-amino-alcohol motifs (C(OH)–C–C–N with tert-alkyl or cyclic N) is 1. The third-order valence-corrected chi connectivity index (χ3v) is 2.81. The SMILES string of the molecule is C#C.C#CCNC(=O)COc1ccc(C)cc1.O[C@@H]1CCNC1. The van der Waals surface area contributed by atoms with E-state index >= 15 is 0 Å². The molecule has 0 aromatic heterocycles. The van der Waals surface area contributed by atoms with Gasteiger partial charge in [-0.3, -0.25) is 4.79 Å². The van der Waals surface area contributed by atoms with Crippen molar-refractivity contribution in [2.75, 3.05) is 26.2 Å². The van der Waals surface area contributed by atoms with Crippen molar-refractivity contribution in [1.82, 2.24) is 10.6 Å². The highest BCUT2D eigenvalue weighted by atomic mass is 16.5. The third-order valence-electron chi connectivity index (χ3n) is 2.81. The molecule has 1 saturated heterocycles. The number of ether oxygens (including phenoxy) is 1. The lowest BCUT2D eigenvalue weighted by Gasteiger charge is -2.05. The predicted octanol–water partition coefficient (Wildman–Crippen LogP) is 0.713. The van der Waals surface area contributed by atoms with Gasteiger partial charge >= 0.3 is 0 Å². The lowest BCUT2D eigenvalue weighted by Crippen LogP contribution is -2.28. The van der Waals surface area contributed by atoms with Crippen LogP contribution in [0, 0.1) is 32.1 Å². The van der Waals surface area contributed by atoms with Gasteiger partial charge in [-0.15, -0.1) is 19.3 Å². The van der Waals surface area contributed by atoms with Crippen molar-refractivity contribution in [3.8, 4) is 30.9 Å². The second-order valence-corrected chi connectivity index (χ2v) is 4.73. The molecule has 1 atom stereocenters. The fourth-order valence-electron chi connectivity index (χ4n) is 1.62. The Labute approximate surface area is 138 Å². The largest absolute Gasteiger partial charge is 0.484 e. The van der Waals surface area contributed by atoms with Gasteiger partial charge in [0.15, 0.2) is 6.61 Å². The Balaban J connectivity index is 0.000000501. The van der Waals surface area contributed by atoms with Crippen LogP contribution in [0.2, 0.25) is 0 Å². The molecule has 0 unspecified atom stereocenters. The molecule has 1 aromatic rings. The summed E-state index contributed by atoms with van der Waals surface area (Å²) < 4.78 is 5.24. The molecule has 0 saturated carbocycles. The molecule has 1 heterocycles. The van der Waals surface area contributed by atoms with Gasteiger partial charge in [-0.25, -0.2) is 0 Å². The monoisotopic (exact) mass is 316 g/mol. The highest BCUT2D eigenvalue weighted by Gasteiger charge is 2.08. The van der Waals surface area contributed by atoms with E-state index in [1.807, 2.05) is 31.2 Å². The highest BCUT2D eigenvalue weighted by molar-refractivity contribution is 5.77. The van der Waals surface area contributed by atoms with Crippen LogP contribution in [0.3, 0.4) is 0 Å². The van der Waals surface area contributed by atoms with Crippen molar-refractivity contribution in [2.45, 2.75) is 19.4 Å². The summed E-state index contributed by atoms with van der Waals surface area (Å²) in [5.41, 5.74) is 1.15. The number of terminal acetylenes is 2. The van der Waals surface area contributed by atoms with E-state index in [0.717, 1.165) is 25.1 Å². The van der Waals surface area contributed by atoms with Crippen molar-refractivity contribution in [2.24, 2.45) is 0 Å². The van der Waals surface area contributed by atoms with Crippen molar-refractivity contribution in [3.63, 3.8) is 0 Å². The standard InChI is InChI=1S/C12H13NO2.C4H9NO.C2H2/c1-3-8-13-12(14)9-15-11-6-4-10(2)5-7-11;6-4-1-2-5-3-4;1-2/h1,4-7H,8-9H2,2H3,(H,13,14);4-6H,1-3H2;1-2H/t;4-;/m.1./s1. The molecule has 1 aromatic carbocycles. The molecule has 124 valence electrons. The minimum atomic E-state index is -0.214. The number of aliphatic hydroxyl groups is 1. The molecule has 1 aliphatic heterocycles. The predicted molar refractivity (Wildman–Crippen MR) is 91.9 cm³/mol. The van der Waals surface area contributed by atoms with Crippen LogP contribution in [0.4, 0.5) is 0 Å². The Bertz CT molecular complexity index is 497. The second-order valence-electron chi connectivity index (χ2n) is 4.73. The zero-order chi connectivity index (χ0) is 17.5. The molecular formula is C18H24N2O3. The molecule has 1 aliphatic rings. The number of carbonyl (C=O) groups excluding carboxylic acids is 1. The van der Waals surface area contributed by atoms with E-state index in [1.54, 1.807) is 0 Å². The number of amides is 1. The molecule has 0 spiro atoms. The number of aliphatic hydroxyl groups excluding tert-OH is 1. The van der Waals surface area contributed by atoms with Gasteiger partial charge in [-0.2, -0.15) is 0 Å². The van der Waals surface area contributed by atoms with Crippen LogP contribution in [0.25, 0.3) is 0 Å². The summed E-state index contributed by atoms with van der Waals surface area (Å²) in [6.45, 7) is 3.99. The van der Waals surface area contributed by atoms with Gasteiger partial charge < -0.3 is 20.5 Å². The fourth-order valence-corrected chi connectivity index (χ4v) is 1.62. The normalized spacial score (nSPS) is 15.0. The molecular weight excluding hydrogens is 292 g/mol. The van der Waals surface area contributed by atoms with E-state index in [-0.39, 0.29) is 25.2 Å². The molecule has 1 fully saturated rings. The van der Waals surface area contributed by atoms with Crippen LogP contribution < -0.4 is 15.4 Å². The first kappa shape index (κ1) is 20.5. The first-order valence-electron chi connectivity index (χ1n) is 7.23. The quantitative estimate of drug-likeness (QED) is 0.716. The zero-order valence-corrected chi connectivity index (χ0v) is 13.4. The summed E-state index contributed by atoms with van der Waals surface area (Å²) in [7, 11) is 0. The summed E-state index contributed by atoms with van der Waals surface area (Å²) in [6.07, 6.45) is 13.9. The molecule has 0 radical (unpaired) electrons. The average molecular weight is 316 g/mol.